The third-order valence-corrected chi connectivity index (χ3v) is 3.46. The highest BCUT2D eigenvalue weighted by molar-refractivity contribution is 5.91. The molecule has 128 valence electrons. The summed E-state index contributed by atoms with van der Waals surface area (Å²) in [7, 11) is 0. The van der Waals surface area contributed by atoms with Gasteiger partial charge >= 0.3 is 11.9 Å². The number of para-hydroxylation sites is 2. The smallest absolute Gasteiger partial charge is 0.339 e. The minimum absolute atomic E-state index is 0.0330. The van der Waals surface area contributed by atoms with Crippen molar-refractivity contribution in [2.45, 2.75) is 26.7 Å². The number of carboxylic acids is 2. The van der Waals surface area contributed by atoms with Crippen LogP contribution in [0.15, 0.2) is 36.4 Å². The minimum atomic E-state index is -1.09. The molecule has 6 nitrogen and oxygen atoms in total. The van der Waals surface area contributed by atoms with Crippen LogP contribution in [0.1, 0.15) is 45.7 Å². The van der Waals surface area contributed by atoms with Gasteiger partial charge in [-0.15, -0.1) is 0 Å². The molecule has 0 unspecified atom stereocenters. The highest BCUT2D eigenvalue weighted by atomic mass is 16.4. The van der Waals surface area contributed by atoms with E-state index < -0.39 is 11.9 Å². The van der Waals surface area contributed by atoms with Gasteiger partial charge in [-0.1, -0.05) is 38.1 Å². The lowest BCUT2D eigenvalue weighted by molar-refractivity contribution is 0.0682. The van der Waals surface area contributed by atoms with E-state index in [0.29, 0.717) is 24.0 Å². The summed E-state index contributed by atoms with van der Waals surface area (Å²) < 4.78 is 0. The highest BCUT2D eigenvalue weighted by Gasteiger charge is 2.11. The SMILES string of the molecule is CCc1cccc(C(=O)O)c1O.CCc1cccc(C(=O)O)c1O. The van der Waals surface area contributed by atoms with Crippen LogP contribution in [0.2, 0.25) is 0 Å². The molecule has 6 heteroatoms. The van der Waals surface area contributed by atoms with Crippen molar-refractivity contribution in [1.82, 2.24) is 0 Å². The van der Waals surface area contributed by atoms with Gasteiger partial charge in [0, 0.05) is 0 Å². The first kappa shape index (κ1) is 19.0. The fraction of sp³-hybridized carbons (Fsp3) is 0.222. The largest absolute Gasteiger partial charge is 0.507 e. The second-order valence-electron chi connectivity index (χ2n) is 4.94. The van der Waals surface area contributed by atoms with Crippen LogP contribution in [-0.4, -0.2) is 32.4 Å². The topological polar surface area (TPSA) is 115 Å². The Labute approximate surface area is 139 Å². The Morgan fingerprint density at radius 1 is 0.750 bits per heavy atom. The Bertz CT molecular complexity index is 673. The lowest BCUT2D eigenvalue weighted by Crippen LogP contribution is -1.98. The Kier molecular flexibility index (Phi) is 6.79. The maximum absolute atomic E-state index is 10.5. The molecule has 2 aromatic rings. The number of rotatable bonds is 4. The maximum Gasteiger partial charge on any atom is 0.339 e. The van der Waals surface area contributed by atoms with E-state index in [2.05, 4.69) is 0 Å². The van der Waals surface area contributed by atoms with Crippen molar-refractivity contribution >= 4 is 11.9 Å². The Hall–Kier alpha value is -3.02. The summed E-state index contributed by atoms with van der Waals surface area (Å²) in [4.78, 5) is 21.1. The van der Waals surface area contributed by atoms with Crippen molar-refractivity contribution in [3.05, 3.63) is 58.7 Å². The highest BCUT2D eigenvalue weighted by Crippen LogP contribution is 2.23. The van der Waals surface area contributed by atoms with Gasteiger partial charge in [-0.05, 0) is 36.1 Å². The molecule has 0 radical (unpaired) electrons. The molecule has 0 saturated heterocycles. The molecule has 0 saturated carbocycles. The van der Waals surface area contributed by atoms with E-state index in [9.17, 15) is 19.8 Å². The zero-order chi connectivity index (χ0) is 18.3. The molecule has 0 spiro atoms. The summed E-state index contributed by atoms with van der Waals surface area (Å²) in [5.74, 6) is -2.43. The molecule has 0 amide bonds. The van der Waals surface area contributed by atoms with Crippen LogP contribution in [0.25, 0.3) is 0 Å². The normalized spacial score (nSPS) is 9.75. The molecule has 0 fully saturated rings. The lowest BCUT2D eigenvalue weighted by atomic mass is 10.1. The van der Waals surface area contributed by atoms with E-state index >= 15 is 0 Å². The van der Waals surface area contributed by atoms with Crippen LogP contribution in [0, 0.1) is 0 Å². The van der Waals surface area contributed by atoms with Crippen molar-refractivity contribution in [3.63, 3.8) is 0 Å². The van der Waals surface area contributed by atoms with E-state index in [-0.39, 0.29) is 22.6 Å². The number of phenols is 2. The number of aromatic carboxylic acids is 2. The molecule has 4 N–H and O–H groups in total. The van der Waals surface area contributed by atoms with Gasteiger partial charge in [0.15, 0.2) is 0 Å². The summed E-state index contributed by atoms with van der Waals surface area (Å²) in [6, 6.07) is 9.45. The molecule has 0 bridgehead atoms. The van der Waals surface area contributed by atoms with Crippen molar-refractivity contribution in [1.29, 1.82) is 0 Å². The summed E-state index contributed by atoms with van der Waals surface area (Å²) in [5.41, 5.74) is 1.26. The minimum Gasteiger partial charge on any atom is -0.507 e. The first-order chi connectivity index (χ1) is 11.3. The van der Waals surface area contributed by atoms with E-state index in [1.54, 1.807) is 24.3 Å². The first-order valence-corrected chi connectivity index (χ1v) is 7.41. The maximum atomic E-state index is 10.5. The van der Waals surface area contributed by atoms with Gasteiger partial charge in [-0.2, -0.15) is 0 Å². The molecule has 24 heavy (non-hydrogen) atoms. The van der Waals surface area contributed by atoms with Crippen molar-refractivity contribution in [3.8, 4) is 11.5 Å². The molecule has 0 atom stereocenters. The summed E-state index contributed by atoms with van der Waals surface area (Å²) >= 11 is 0. The van der Waals surface area contributed by atoms with Crippen LogP contribution in [0.4, 0.5) is 0 Å². The quantitative estimate of drug-likeness (QED) is 0.683. The van der Waals surface area contributed by atoms with Crippen molar-refractivity contribution in [2.75, 3.05) is 0 Å². The number of aromatic hydroxyl groups is 2. The average molecular weight is 332 g/mol. The zero-order valence-corrected chi connectivity index (χ0v) is 13.5. The molecule has 0 aliphatic heterocycles. The van der Waals surface area contributed by atoms with E-state index in [0.717, 1.165) is 0 Å². The van der Waals surface area contributed by atoms with Gasteiger partial charge in [0.2, 0.25) is 0 Å². The van der Waals surface area contributed by atoms with Crippen LogP contribution in [-0.2, 0) is 12.8 Å². The van der Waals surface area contributed by atoms with Gasteiger partial charge < -0.3 is 20.4 Å². The Balaban J connectivity index is 0.000000240. The van der Waals surface area contributed by atoms with Crippen LogP contribution >= 0.6 is 0 Å². The third kappa shape index (κ3) is 4.49. The van der Waals surface area contributed by atoms with Crippen molar-refractivity contribution in [2.24, 2.45) is 0 Å². The van der Waals surface area contributed by atoms with Gasteiger partial charge in [0.25, 0.3) is 0 Å². The van der Waals surface area contributed by atoms with Gasteiger partial charge in [0.1, 0.15) is 22.6 Å². The molecule has 2 aromatic carbocycles. The zero-order valence-electron chi connectivity index (χ0n) is 13.5. The van der Waals surface area contributed by atoms with E-state index in [1.165, 1.54) is 12.1 Å². The number of carbonyl (C=O) groups is 2. The number of aryl methyl sites for hydroxylation is 2. The van der Waals surface area contributed by atoms with Gasteiger partial charge in [-0.25, -0.2) is 9.59 Å². The molecule has 0 heterocycles. The predicted octanol–water partition coefficient (Wildman–Crippen LogP) is 3.31. The molecule has 0 aliphatic carbocycles. The molecule has 0 aromatic heterocycles. The van der Waals surface area contributed by atoms with E-state index in [1.807, 2.05) is 13.8 Å². The number of hydrogen-bond donors (Lipinski definition) is 4. The molecular weight excluding hydrogens is 312 g/mol. The van der Waals surface area contributed by atoms with Crippen LogP contribution < -0.4 is 0 Å². The molecule has 2 rings (SSSR count). The summed E-state index contributed by atoms with van der Waals surface area (Å²) in [6.07, 6.45) is 1.26. The fourth-order valence-corrected chi connectivity index (χ4v) is 2.10. The predicted molar refractivity (Wildman–Crippen MR) is 88.9 cm³/mol. The van der Waals surface area contributed by atoms with Crippen LogP contribution in [0.5, 0.6) is 11.5 Å². The number of carboxylic acid groups (broad SMARTS) is 2. The number of benzene rings is 2. The molecule has 0 aliphatic rings. The number of hydrogen-bond acceptors (Lipinski definition) is 4. The molecular formula is C18H20O6. The van der Waals surface area contributed by atoms with E-state index in [4.69, 9.17) is 10.2 Å². The second-order valence-corrected chi connectivity index (χ2v) is 4.94. The van der Waals surface area contributed by atoms with Gasteiger partial charge in [-0.3, -0.25) is 0 Å². The monoisotopic (exact) mass is 332 g/mol. The Morgan fingerprint density at radius 3 is 1.33 bits per heavy atom. The lowest BCUT2D eigenvalue weighted by Gasteiger charge is -2.03. The first-order valence-electron chi connectivity index (χ1n) is 7.41. The second kappa shape index (κ2) is 8.57. The Morgan fingerprint density at radius 2 is 1.08 bits per heavy atom. The van der Waals surface area contributed by atoms with Crippen LogP contribution in [0.3, 0.4) is 0 Å². The standard InChI is InChI=1S/2C9H10O3/c2*1-2-6-4-3-5-7(8(6)10)9(11)12/h2*3-5,10H,2H2,1H3,(H,11,12). The fourth-order valence-electron chi connectivity index (χ4n) is 2.10. The summed E-state index contributed by atoms with van der Waals surface area (Å²) in [6.45, 7) is 3.72. The van der Waals surface area contributed by atoms with Gasteiger partial charge in [0.05, 0.1) is 0 Å². The average Bonchev–Trinajstić information content (AvgIpc) is 2.55. The van der Waals surface area contributed by atoms with Crippen molar-refractivity contribution < 1.29 is 30.0 Å². The third-order valence-electron chi connectivity index (χ3n) is 3.46. The summed E-state index contributed by atoms with van der Waals surface area (Å²) in [5, 5.41) is 36.0.